The van der Waals surface area contributed by atoms with Crippen LogP contribution < -0.4 is 4.74 Å². The van der Waals surface area contributed by atoms with Gasteiger partial charge in [0.1, 0.15) is 5.69 Å². The number of amides is 1. The Labute approximate surface area is 160 Å². The number of nitrogens with zero attached hydrogens (tertiary/aromatic N) is 3. The molecule has 144 valence electrons. The summed E-state index contributed by atoms with van der Waals surface area (Å²) in [6, 6.07) is 15.7. The second-order valence-electron chi connectivity index (χ2n) is 7.13. The maximum Gasteiger partial charge on any atom is 0.272 e. The molecule has 3 rings (SSSR count). The summed E-state index contributed by atoms with van der Waals surface area (Å²) in [6.07, 6.45) is 0. The molecule has 0 spiro atoms. The van der Waals surface area contributed by atoms with Crippen molar-refractivity contribution in [2.24, 2.45) is 0 Å². The van der Waals surface area contributed by atoms with E-state index in [0.29, 0.717) is 31.3 Å². The highest BCUT2D eigenvalue weighted by Gasteiger charge is 2.39. The number of benzene rings is 1. The van der Waals surface area contributed by atoms with Crippen molar-refractivity contribution in [2.45, 2.75) is 19.0 Å². The van der Waals surface area contributed by atoms with Gasteiger partial charge in [0.25, 0.3) is 5.91 Å². The van der Waals surface area contributed by atoms with Gasteiger partial charge in [0.05, 0.1) is 19.3 Å². The zero-order valence-corrected chi connectivity index (χ0v) is 16.2. The van der Waals surface area contributed by atoms with E-state index >= 15 is 0 Å². The number of pyridine rings is 1. The molecule has 6 heteroatoms. The van der Waals surface area contributed by atoms with Gasteiger partial charge < -0.3 is 14.4 Å². The number of ether oxygens (including phenoxy) is 2. The molecule has 0 saturated carbocycles. The first kappa shape index (κ1) is 19.3. The maximum absolute atomic E-state index is 13.0. The summed E-state index contributed by atoms with van der Waals surface area (Å²) in [4.78, 5) is 21.5. The number of hydrogen-bond donors (Lipinski definition) is 0. The topological polar surface area (TPSA) is 54.9 Å². The van der Waals surface area contributed by atoms with Gasteiger partial charge in [-0.2, -0.15) is 0 Å². The molecule has 1 aliphatic rings. The van der Waals surface area contributed by atoms with Crippen LogP contribution in [-0.4, -0.2) is 66.7 Å². The summed E-state index contributed by atoms with van der Waals surface area (Å²) in [5.74, 6) is 0.374. The Hall–Kier alpha value is -2.44. The van der Waals surface area contributed by atoms with Crippen molar-refractivity contribution >= 4 is 5.91 Å². The lowest BCUT2D eigenvalue weighted by atomic mass is 9.95. The third kappa shape index (κ3) is 4.46. The van der Waals surface area contributed by atoms with Gasteiger partial charge in [0.15, 0.2) is 0 Å². The number of rotatable bonds is 6. The molecule has 27 heavy (non-hydrogen) atoms. The minimum atomic E-state index is -0.266. The highest BCUT2D eigenvalue weighted by Crippen LogP contribution is 2.25. The molecule has 1 aliphatic heterocycles. The molecule has 1 atom stereocenters. The molecule has 0 N–H and O–H groups in total. The second-order valence-corrected chi connectivity index (χ2v) is 7.13. The van der Waals surface area contributed by atoms with Crippen LogP contribution in [0.2, 0.25) is 0 Å². The third-order valence-electron chi connectivity index (χ3n) is 5.05. The number of carbonyl (C=O) groups excluding carboxylic acids is 1. The fourth-order valence-corrected chi connectivity index (χ4v) is 3.61. The van der Waals surface area contributed by atoms with Gasteiger partial charge in [0.2, 0.25) is 5.88 Å². The minimum Gasteiger partial charge on any atom is -0.481 e. The summed E-state index contributed by atoms with van der Waals surface area (Å²) in [7, 11) is 3.25. The van der Waals surface area contributed by atoms with Crippen LogP contribution in [0.1, 0.15) is 23.0 Å². The van der Waals surface area contributed by atoms with Crippen LogP contribution in [-0.2, 0) is 11.3 Å². The molecule has 2 heterocycles. The van der Waals surface area contributed by atoms with E-state index in [4.69, 9.17) is 9.47 Å². The summed E-state index contributed by atoms with van der Waals surface area (Å²) in [5, 5.41) is 0. The molecular weight excluding hydrogens is 342 g/mol. The van der Waals surface area contributed by atoms with Crippen LogP contribution >= 0.6 is 0 Å². The second kappa shape index (κ2) is 8.50. The fourth-order valence-electron chi connectivity index (χ4n) is 3.61. The van der Waals surface area contributed by atoms with Crippen molar-refractivity contribution in [3.63, 3.8) is 0 Å². The fraction of sp³-hybridized carbons (Fsp3) is 0.429. The predicted octanol–water partition coefficient (Wildman–Crippen LogP) is 2.45. The zero-order chi connectivity index (χ0) is 19.3. The maximum atomic E-state index is 13.0. The van der Waals surface area contributed by atoms with Gasteiger partial charge in [-0.3, -0.25) is 9.69 Å². The van der Waals surface area contributed by atoms with E-state index in [1.165, 1.54) is 5.56 Å². The Morgan fingerprint density at radius 2 is 1.89 bits per heavy atom. The highest BCUT2D eigenvalue weighted by molar-refractivity contribution is 5.92. The number of carbonyl (C=O) groups is 1. The summed E-state index contributed by atoms with van der Waals surface area (Å²) < 4.78 is 10.7. The average Bonchev–Trinajstić information content (AvgIpc) is 2.70. The van der Waals surface area contributed by atoms with Gasteiger partial charge in [-0.15, -0.1) is 0 Å². The van der Waals surface area contributed by atoms with E-state index < -0.39 is 0 Å². The van der Waals surface area contributed by atoms with Gasteiger partial charge >= 0.3 is 0 Å². The lowest BCUT2D eigenvalue weighted by Crippen LogP contribution is -2.63. The molecule has 1 aromatic carbocycles. The summed E-state index contributed by atoms with van der Waals surface area (Å²) in [6.45, 7) is 5.56. The summed E-state index contributed by atoms with van der Waals surface area (Å²) >= 11 is 0. The van der Waals surface area contributed by atoms with Crippen LogP contribution in [0, 0.1) is 0 Å². The third-order valence-corrected chi connectivity index (χ3v) is 5.05. The molecular formula is C21H27N3O3. The van der Waals surface area contributed by atoms with Crippen molar-refractivity contribution in [1.82, 2.24) is 14.8 Å². The minimum absolute atomic E-state index is 0.0735. The van der Waals surface area contributed by atoms with E-state index in [-0.39, 0.29) is 11.4 Å². The van der Waals surface area contributed by atoms with Crippen molar-refractivity contribution in [3.05, 3.63) is 59.8 Å². The van der Waals surface area contributed by atoms with Crippen LogP contribution in [0.4, 0.5) is 0 Å². The molecule has 0 aliphatic carbocycles. The molecule has 1 saturated heterocycles. The number of hydrogen-bond acceptors (Lipinski definition) is 5. The number of piperazine rings is 1. The van der Waals surface area contributed by atoms with E-state index in [1.54, 1.807) is 32.4 Å². The summed E-state index contributed by atoms with van der Waals surface area (Å²) in [5.41, 5.74) is 1.40. The highest BCUT2D eigenvalue weighted by atomic mass is 16.5. The van der Waals surface area contributed by atoms with E-state index in [9.17, 15) is 4.79 Å². The number of aromatic nitrogens is 1. The van der Waals surface area contributed by atoms with E-state index in [1.807, 2.05) is 11.0 Å². The van der Waals surface area contributed by atoms with Crippen molar-refractivity contribution < 1.29 is 14.3 Å². The van der Waals surface area contributed by atoms with Crippen molar-refractivity contribution in [1.29, 1.82) is 0 Å². The number of methoxy groups -OCH3 is 2. The monoisotopic (exact) mass is 369 g/mol. The van der Waals surface area contributed by atoms with Gasteiger partial charge in [0, 0.05) is 39.4 Å². The molecule has 0 radical (unpaired) electrons. The lowest BCUT2D eigenvalue weighted by Gasteiger charge is -2.48. The molecule has 0 unspecified atom stereocenters. The van der Waals surface area contributed by atoms with Gasteiger partial charge in [-0.1, -0.05) is 36.4 Å². The Bertz CT molecular complexity index is 768. The van der Waals surface area contributed by atoms with Crippen molar-refractivity contribution in [3.8, 4) is 5.88 Å². The molecule has 0 bridgehead atoms. The normalized spacial score (nSPS) is 20.5. The lowest BCUT2D eigenvalue weighted by molar-refractivity contribution is -0.0357. The molecule has 2 aromatic rings. The first-order valence-electron chi connectivity index (χ1n) is 9.14. The smallest absolute Gasteiger partial charge is 0.272 e. The Morgan fingerprint density at radius 3 is 2.59 bits per heavy atom. The average molecular weight is 369 g/mol. The van der Waals surface area contributed by atoms with E-state index in [2.05, 4.69) is 41.1 Å². The molecule has 1 aromatic heterocycles. The van der Waals surface area contributed by atoms with Crippen LogP contribution in [0.3, 0.4) is 0 Å². The van der Waals surface area contributed by atoms with Crippen LogP contribution in [0.15, 0.2) is 48.5 Å². The van der Waals surface area contributed by atoms with Crippen LogP contribution in [0.5, 0.6) is 5.88 Å². The van der Waals surface area contributed by atoms with E-state index in [0.717, 1.165) is 13.1 Å². The molecule has 6 nitrogen and oxygen atoms in total. The Kier molecular flexibility index (Phi) is 6.08. The first-order chi connectivity index (χ1) is 13.1. The quantitative estimate of drug-likeness (QED) is 0.783. The van der Waals surface area contributed by atoms with Gasteiger partial charge in [-0.25, -0.2) is 4.98 Å². The molecule has 1 amide bonds. The standard InChI is InChI=1S/C21H27N3O3/c1-21(16-26-2)15-23(20(25)18-10-7-11-19(22-18)27-3)12-13-24(21)14-17-8-5-4-6-9-17/h4-11H,12-16H2,1-3H3/t21-/m0/s1. The Balaban J connectivity index is 1.76. The predicted molar refractivity (Wildman–Crippen MR) is 104 cm³/mol. The molecule has 1 fully saturated rings. The zero-order valence-electron chi connectivity index (χ0n) is 16.2. The Morgan fingerprint density at radius 1 is 1.11 bits per heavy atom. The SMILES string of the molecule is COC[C@]1(C)CN(C(=O)c2cccc(OC)n2)CCN1Cc1ccccc1. The first-order valence-corrected chi connectivity index (χ1v) is 9.14. The van der Waals surface area contributed by atoms with Crippen LogP contribution in [0.25, 0.3) is 0 Å². The largest absolute Gasteiger partial charge is 0.481 e. The van der Waals surface area contributed by atoms with Crippen molar-refractivity contribution in [2.75, 3.05) is 40.5 Å². The van der Waals surface area contributed by atoms with Gasteiger partial charge in [-0.05, 0) is 18.6 Å².